The summed E-state index contributed by atoms with van der Waals surface area (Å²) in [6.07, 6.45) is 2.84. The highest BCUT2D eigenvalue weighted by molar-refractivity contribution is 5.99. The number of rotatable bonds is 8. The lowest BCUT2D eigenvalue weighted by atomic mass is 10.0. The second kappa shape index (κ2) is 10.5. The minimum absolute atomic E-state index is 0.0283. The Morgan fingerprint density at radius 1 is 1.08 bits per heavy atom. The molecule has 9 nitrogen and oxygen atoms in total. The number of carbonyl (C=O) groups is 3. The number of hydrogen-bond acceptors (Lipinski definition) is 7. The topological polar surface area (TPSA) is 94.2 Å². The maximum Gasteiger partial charge on any atom is 0.251 e. The van der Waals surface area contributed by atoms with Crippen LogP contribution in [0.2, 0.25) is 0 Å². The molecule has 0 spiro atoms. The average molecular weight is 498 g/mol. The lowest BCUT2D eigenvalue weighted by Gasteiger charge is -2.36. The normalized spacial score (nSPS) is 27.4. The number of fused-ring (bicyclic) bond motifs is 1. The van der Waals surface area contributed by atoms with Gasteiger partial charge >= 0.3 is 0 Å². The first-order valence-electron chi connectivity index (χ1n) is 13.4. The van der Waals surface area contributed by atoms with E-state index >= 15 is 0 Å². The molecule has 3 aliphatic heterocycles. The Morgan fingerprint density at radius 2 is 1.78 bits per heavy atom. The second-order valence-electron chi connectivity index (χ2n) is 11.0. The van der Waals surface area contributed by atoms with Crippen LogP contribution in [0.1, 0.15) is 43.5 Å². The molecule has 1 unspecified atom stereocenters. The van der Waals surface area contributed by atoms with Gasteiger partial charge in [0.15, 0.2) is 5.78 Å². The van der Waals surface area contributed by atoms with Crippen molar-refractivity contribution in [3.8, 4) is 0 Å². The van der Waals surface area contributed by atoms with Crippen molar-refractivity contribution in [3.05, 3.63) is 29.8 Å². The van der Waals surface area contributed by atoms with E-state index in [0.29, 0.717) is 18.5 Å². The van der Waals surface area contributed by atoms with E-state index in [1.807, 2.05) is 45.2 Å². The Bertz CT molecular complexity index is 971. The Morgan fingerprint density at radius 3 is 2.39 bits per heavy atom. The van der Waals surface area contributed by atoms with Gasteiger partial charge in [0.25, 0.3) is 5.91 Å². The van der Waals surface area contributed by atoms with Gasteiger partial charge in [0, 0.05) is 50.0 Å². The summed E-state index contributed by atoms with van der Waals surface area (Å²) in [6, 6.07) is 7.10. The minimum Gasteiger partial charge on any atom is -0.369 e. The number of Topliss-reactive ketones (excluding diaryl/α,β-unsaturated/α-hetero) is 1. The van der Waals surface area contributed by atoms with E-state index in [9.17, 15) is 14.4 Å². The fourth-order valence-corrected chi connectivity index (χ4v) is 5.88. The number of nitrogens with zero attached hydrogens (tertiary/aromatic N) is 3. The van der Waals surface area contributed by atoms with Crippen molar-refractivity contribution in [1.29, 1.82) is 0 Å². The summed E-state index contributed by atoms with van der Waals surface area (Å²) in [5.74, 6) is -0.359. The van der Waals surface area contributed by atoms with Crippen molar-refractivity contribution < 1.29 is 19.1 Å². The van der Waals surface area contributed by atoms with Gasteiger partial charge in [-0.1, -0.05) is 13.8 Å². The molecule has 1 aromatic rings. The van der Waals surface area contributed by atoms with E-state index in [4.69, 9.17) is 4.74 Å². The van der Waals surface area contributed by atoms with Crippen molar-refractivity contribution in [3.63, 3.8) is 0 Å². The summed E-state index contributed by atoms with van der Waals surface area (Å²) >= 11 is 0. The van der Waals surface area contributed by atoms with Crippen molar-refractivity contribution in [2.75, 3.05) is 51.3 Å². The molecule has 5 rings (SSSR count). The van der Waals surface area contributed by atoms with Gasteiger partial charge in [-0.05, 0) is 56.5 Å². The van der Waals surface area contributed by atoms with Gasteiger partial charge in [0.05, 0.1) is 6.04 Å². The molecule has 196 valence electrons. The predicted octanol–water partition coefficient (Wildman–Crippen LogP) is 0.882. The lowest BCUT2D eigenvalue weighted by Crippen LogP contribution is -2.52. The van der Waals surface area contributed by atoms with Crippen LogP contribution >= 0.6 is 0 Å². The zero-order valence-corrected chi connectivity index (χ0v) is 21.6. The fraction of sp³-hybridized carbons (Fsp3) is 0.667. The first-order valence-corrected chi connectivity index (χ1v) is 13.4. The highest BCUT2D eigenvalue weighted by Crippen LogP contribution is 2.30. The Kier molecular flexibility index (Phi) is 7.32. The van der Waals surface area contributed by atoms with Gasteiger partial charge < -0.3 is 25.2 Å². The summed E-state index contributed by atoms with van der Waals surface area (Å²) in [5.41, 5.74) is 1.65. The summed E-state index contributed by atoms with van der Waals surface area (Å²) in [7, 11) is 1.81. The molecule has 4 fully saturated rings. The number of piperazine rings is 1. The summed E-state index contributed by atoms with van der Waals surface area (Å²) in [4.78, 5) is 45.8. The number of carbonyl (C=O) groups excluding carboxylic acids is 3. The molecular weight excluding hydrogens is 458 g/mol. The van der Waals surface area contributed by atoms with E-state index < -0.39 is 12.1 Å². The maximum atomic E-state index is 13.6. The largest absolute Gasteiger partial charge is 0.369 e. The standard InChI is InChI=1S/C27H39N5O4/c1-17(2)14-21(27(35)32-15-22(28-3)25-24(32)23(33)16-36-25)29-26(34)18-4-6-19(7-5-18)30-10-12-31(13-11-30)20-8-9-20/h4-7,17,20-22,24-25,28H,8-16H2,1-3H3,(H,29,34)/t21?,22-,24+,25+/m0/s1. The molecule has 3 saturated heterocycles. The van der Waals surface area contributed by atoms with Crippen LogP contribution in [0, 0.1) is 5.92 Å². The van der Waals surface area contributed by atoms with Crippen LogP contribution < -0.4 is 15.5 Å². The molecule has 4 atom stereocenters. The number of anilines is 1. The van der Waals surface area contributed by atoms with Crippen LogP contribution in [-0.4, -0.2) is 104 Å². The Hall–Kier alpha value is -2.49. The zero-order chi connectivity index (χ0) is 25.4. The van der Waals surface area contributed by atoms with E-state index in [0.717, 1.165) is 37.9 Å². The van der Waals surface area contributed by atoms with Gasteiger partial charge in [-0.15, -0.1) is 0 Å². The quantitative estimate of drug-likeness (QED) is 0.551. The molecule has 4 aliphatic rings. The van der Waals surface area contributed by atoms with Gasteiger partial charge in [0.2, 0.25) is 5.91 Å². The molecule has 0 radical (unpaired) electrons. The van der Waals surface area contributed by atoms with Gasteiger partial charge in [-0.25, -0.2) is 0 Å². The summed E-state index contributed by atoms with van der Waals surface area (Å²) in [6.45, 7) is 8.65. The summed E-state index contributed by atoms with van der Waals surface area (Å²) < 4.78 is 5.67. The highest BCUT2D eigenvalue weighted by atomic mass is 16.5. The molecule has 1 aromatic carbocycles. The molecule has 1 aliphatic carbocycles. The number of likely N-dealkylation sites (N-methyl/N-ethyl adjacent to an activating group) is 1. The number of amides is 2. The number of ether oxygens (including phenoxy) is 1. The van der Waals surface area contributed by atoms with Crippen LogP contribution in [0.15, 0.2) is 24.3 Å². The number of benzene rings is 1. The van der Waals surface area contributed by atoms with Gasteiger partial charge in [0.1, 0.15) is 24.8 Å². The molecule has 2 N–H and O–H groups in total. The van der Waals surface area contributed by atoms with Crippen LogP contribution in [0.25, 0.3) is 0 Å². The van der Waals surface area contributed by atoms with Crippen LogP contribution in [-0.2, 0) is 14.3 Å². The highest BCUT2D eigenvalue weighted by Gasteiger charge is 2.52. The third-order valence-corrected chi connectivity index (χ3v) is 8.02. The molecule has 9 heteroatoms. The smallest absolute Gasteiger partial charge is 0.251 e. The Labute approximate surface area is 213 Å². The maximum absolute atomic E-state index is 13.6. The van der Waals surface area contributed by atoms with Gasteiger partial charge in [-0.2, -0.15) is 0 Å². The first-order chi connectivity index (χ1) is 17.4. The third-order valence-electron chi connectivity index (χ3n) is 8.02. The van der Waals surface area contributed by atoms with E-state index in [2.05, 4.69) is 20.4 Å². The molecular formula is C27H39N5O4. The van der Waals surface area contributed by atoms with Crippen LogP contribution in [0.3, 0.4) is 0 Å². The van der Waals surface area contributed by atoms with Crippen LogP contribution in [0.4, 0.5) is 5.69 Å². The van der Waals surface area contributed by atoms with Crippen molar-refractivity contribution in [2.24, 2.45) is 5.92 Å². The summed E-state index contributed by atoms with van der Waals surface area (Å²) in [5, 5.41) is 6.14. The predicted molar refractivity (Wildman–Crippen MR) is 137 cm³/mol. The monoisotopic (exact) mass is 497 g/mol. The van der Waals surface area contributed by atoms with Crippen molar-refractivity contribution in [2.45, 2.75) is 63.4 Å². The molecule has 36 heavy (non-hydrogen) atoms. The van der Waals surface area contributed by atoms with Crippen LogP contribution in [0.5, 0.6) is 0 Å². The number of ketones is 1. The minimum atomic E-state index is -0.697. The average Bonchev–Trinajstić information content (AvgIpc) is 3.57. The lowest BCUT2D eigenvalue weighted by molar-refractivity contribution is -0.138. The number of hydrogen-bond donors (Lipinski definition) is 2. The van der Waals surface area contributed by atoms with E-state index in [1.54, 1.807) is 4.90 Å². The third kappa shape index (κ3) is 5.14. The van der Waals surface area contributed by atoms with Crippen molar-refractivity contribution >= 4 is 23.3 Å². The molecule has 3 heterocycles. The van der Waals surface area contributed by atoms with E-state index in [1.165, 1.54) is 12.8 Å². The molecule has 0 bridgehead atoms. The fourth-order valence-electron chi connectivity index (χ4n) is 5.88. The number of likely N-dealkylation sites (tertiary alicyclic amines) is 1. The molecule has 1 saturated carbocycles. The van der Waals surface area contributed by atoms with E-state index in [-0.39, 0.29) is 42.3 Å². The molecule has 0 aromatic heterocycles. The second-order valence-corrected chi connectivity index (χ2v) is 11.0. The Balaban J connectivity index is 1.23. The SMILES string of the molecule is CN[C@H]1CN(C(=O)C(CC(C)C)NC(=O)c2ccc(N3CCN(C4CC4)CC3)cc2)[C@@H]2C(=O)CO[C@H]12. The number of nitrogens with one attached hydrogen (secondary N) is 2. The first kappa shape index (κ1) is 25.2. The van der Waals surface area contributed by atoms with Crippen molar-refractivity contribution in [1.82, 2.24) is 20.4 Å². The molecule has 2 amide bonds. The zero-order valence-electron chi connectivity index (χ0n) is 21.6. The van der Waals surface area contributed by atoms with Gasteiger partial charge in [-0.3, -0.25) is 19.3 Å².